The van der Waals surface area contributed by atoms with Crippen molar-refractivity contribution in [3.05, 3.63) is 60.3 Å². The van der Waals surface area contributed by atoms with Crippen LogP contribution in [0.4, 0.5) is 5.69 Å². The molecule has 0 unspecified atom stereocenters. The number of benzene rings is 2. The smallest absolute Gasteiger partial charge is 0.240 e. The maximum atomic E-state index is 12.6. The number of amides is 1. The molecule has 146 valence electrons. The second kappa shape index (κ2) is 7.77. The molecule has 4 rings (SSSR count). The van der Waals surface area contributed by atoms with Crippen LogP contribution in [0.5, 0.6) is 0 Å². The van der Waals surface area contributed by atoms with Gasteiger partial charge < -0.3 is 9.88 Å². The van der Waals surface area contributed by atoms with Gasteiger partial charge in [0, 0.05) is 42.3 Å². The van der Waals surface area contributed by atoms with Gasteiger partial charge in [-0.3, -0.25) is 4.79 Å². The lowest BCUT2D eigenvalue weighted by Crippen LogP contribution is -2.35. The average molecular weight is 398 g/mol. The summed E-state index contributed by atoms with van der Waals surface area (Å²) in [6.07, 6.45) is 4.96. The molecule has 1 saturated heterocycles. The number of para-hydroxylation sites is 1. The average Bonchev–Trinajstić information content (AvgIpc) is 3.12. The van der Waals surface area contributed by atoms with Crippen LogP contribution in [-0.2, 0) is 21.2 Å². The zero-order valence-corrected chi connectivity index (χ0v) is 16.3. The predicted octanol–water partition coefficient (Wildman–Crippen LogP) is 3.21. The Balaban J connectivity index is 1.41. The quantitative estimate of drug-likeness (QED) is 0.670. The van der Waals surface area contributed by atoms with E-state index in [0.29, 0.717) is 25.9 Å². The number of aromatic amines is 1. The highest BCUT2D eigenvalue weighted by atomic mass is 32.2. The van der Waals surface area contributed by atoms with E-state index in [4.69, 9.17) is 0 Å². The highest BCUT2D eigenvalue weighted by Gasteiger charge is 2.20. The summed E-state index contributed by atoms with van der Waals surface area (Å²) >= 11 is 0. The number of rotatable bonds is 6. The van der Waals surface area contributed by atoms with Crippen molar-refractivity contribution in [3.8, 4) is 0 Å². The summed E-state index contributed by atoms with van der Waals surface area (Å²) < 4.78 is 27.8. The van der Waals surface area contributed by atoms with Crippen molar-refractivity contribution in [2.75, 3.05) is 18.0 Å². The molecule has 28 heavy (non-hydrogen) atoms. The molecule has 2 heterocycles. The van der Waals surface area contributed by atoms with Crippen LogP contribution in [0.25, 0.3) is 10.9 Å². The second-order valence-electron chi connectivity index (χ2n) is 7.00. The third-order valence-corrected chi connectivity index (χ3v) is 6.62. The molecule has 0 radical (unpaired) electrons. The van der Waals surface area contributed by atoms with Gasteiger partial charge in [0.05, 0.1) is 4.90 Å². The van der Waals surface area contributed by atoms with Gasteiger partial charge in [0.1, 0.15) is 0 Å². The van der Waals surface area contributed by atoms with Crippen LogP contribution in [0, 0.1) is 0 Å². The van der Waals surface area contributed by atoms with Gasteiger partial charge in [-0.2, -0.15) is 0 Å². The summed E-state index contributed by atoms with van der Waals surface area (Å²) in [5.74, 6) is 0.0960. The minimum atomic E-state index is -3.59. The SMILES string of the molecule is O=C1CCCCN1c1ccc(S(=O)(=O)NCCc2c[nH]c3ccccc23)cc1. The fourth-order valence-electron chi connectivity index (χ4n) is 3.63. The fourth-order valence-corrected chi connectivity index (χ4v) is 4.66. The van der Waals surface area contributed by atoms with Gasteiger partial charge in [0.15, 0.2) is 0 Å². The first-order chi connectivity index (χ1) is 13.5. The van der Waals surface area contributed by atoms with Crippen LogP contribution in [0.2, 0.25) is 0 Å². The Kier molecular flexibility index (Phi) is 5.19. The molecule has 0 aliphatic carbocycles. The van der Waals surface area contributed by atoms with Crippen molar-refractivity contribution in [2.24, 2.45) is 0 Å². The molecule has 6 nitrogen and oxygen atoms in total. The molecule has 2 aromatic carbocycles. The summed E-state index contributed by atoms with van der Waals surface area (Å²) in [7, 11) is -3.59. The van der Waals surface area contributed by atoms with Crippen LogP contribution in [0.15, 0.2) is 59.6 Å². The van der Waals surface area contributed by atoms with E-state index in [2.05, 4.69) is 9.71 Å². The zero-order valence-electron chi connectivity index (χ0n) is 15.5. The van der Waals surface area contributed by atoms with E-state index in [-0.39, 0.29) is 10.8 Å². The van der Waals surface area contributed by atoms with Crippen LogP contribution in [-0.4, -0.2) is 32.4 Å². The molecule has 0 bridgehead atoms. The Morgan fingerprint density at radius 1 is 1.04 bits per heavy atom. The van der Waals surface area contributed by atoms with Crippen LogP contribution in [0.1, 0.15) is 24.8 Å². The standard InChI is InChI=1S/C21H23N3O3S/c25-21-7-3-4-14-24(21)17-8-10-18(11-9-17)28(26,27)23-13-12-16-15-22-20-6-2-1-5-19(16)20/h1-2,5-6,8-11,15,22-23H,3-4,7,12-14H2. The number of carbonyl (C=O) groups excluding carboxylic acids is 1. The van der Waals surface area contributed by atoms with Gasteiger partial charge in [-0.1, -0.05) is 18.2 Å². The molecule has 1 fully saturated rings. The van der Waals surface area contributed by atoms with Crippen molar-refractivity contribution >= 4 is 32.5 Å². The van der Waals surface area contributed by atoms with Crippen LogP contribution in [0.3, 0.4) is 0 Å². The number of fused-ring (bicyclic) bond motifs is 1. The number of carbonyl (C=O) groups is 1. The van der Waals surface area contributed by atoms with Crippen molar-refractivity contribution in [3.63, 3.8) is 0 Å². The topological polar surface area (TPSA) is 82.3 Å². The molecule has 1 aliphatic rings. The Morgan fingerprint density at radius 2 is 1.82 bits per heavy atom. The van der Waals surface area contributed by atoms with E-state index < -0.39 is 10.0 Å². The predicted molar refractivity (Wildman–Crippen MR) is 110 cm³/mol. The summed E-state index contributed by atoms with van der Waals surface area (Å²) in [6.45, 7) is 1.00. The molecule has 2 N–H and O–H groups in total. The summed E-state index contributed by atoms with van der Waals surface area (Å²) in [6, 6.07) is 14.5. The molecule has 1 aliphatic heterocycles. The first-order valence-corrected chi connectivity index (χ1v) is 11.0. The lowest BCUT2D eigenvalue weighted by atomic mass is 10.1. The van der Waals surface area contributed by atoms with Gasteiger partial charge in [-0.15, -0.1) is 0 Å². The fraction of sp³-hybridized carbons (Fsp3) is 0.286. The first-order valence-electron chi connectivity index (χ1n) is 9.50. The normalized spacial score (nSPS) is 15.3. The van der Waals surface area contributed by atoms with Crippen molar-refractivity contribution < 1.29 is 13.2 Å². The number of sulfonamides is 1. The Hall–Kier alpha value is -2.64. The van der Waals surface area contributed by atoms with Gasteiger partial charge in [0.25, 0.3) is 0 Å². The zero-order chi connectivity index (χ0) is 19.6. The van der Waals surface area contributed by atoms with Crippen LogP contribution < -0.4 is 9.62 Å². The minimum Gasteiger partial charge on any atom is -0.361 e. The molecule has 0 spiro atoms. The van der Waals surface area contributed by atoms with Gasteiger partial charge in [-0.05, 0) is 55.2 Å². The van der Waals surface area contributed by atoms with Gasteiger partial charge in [0.2, 0.25) is 15.9 Å². The first kappa shape index (κ1) is 18.7. The number of hydrogen-bond acceptors (Lipinski definition) is 3. The number of nitrogens with one attached hydrogen (secondary N) is 2. The monoisotopic (exact) mass is 397 g/mol. The number of anilines is 1. The summed E-state index contributed by atoms with van der Waals surface area (Å²) in [5, 5.41) is 1.11. The summed E-state index contributed by atoms with van der Waals surface area (Å²) in [4.78, 5) is 17.1. The Labute approximate surface area is 164 Å². The number of H-pyrrole nitrogens is 1. The minimum absolute atomic E-state index is 0.0960. The van der Waals surface area contributed by atoms with Gasteiger partial charge in [-0.25, -0.2) is 13.1 Å². The van der Waals surface area contributed by atoms with E-state index in [9.17, 15) is 13.2 Å². The van der Waals surface area contributed by atoms with Crippen LogP contribution >= 0.6 is 0 Å². The second-order valence-corrected chi connectivity index (χ2v) is 8.77. The lowest BCUT2D eigenvalue weighted by Gasteiger charge is -2.26. The van der Waals surface area contributed by atoms with Crippen molar-refractivity contribution in [1.82, 2.24) is 9.71 Å². The third kappa shape index (κ3) is 3.81. The maximum Gasteiger partial charge on any atom is 0.240 e. The third-order valence-electron chi connectivity index (χ3n) is 5.14. The van der Waals surface area contributed by atoms with E-state index in [1.54, 1.807) is 29.2 Å². The molecule has 0 atom stereocenters. The van der Waals surface area contributed by atoms with E-state index in [1.807, 2.05) is 30.5 Å². The molecule has 1 aromatic heterocycles. The highest BCUT2D eigenvalue weighted by molar-refractivity contribution is 7.89. The van der Waals surface area contributed by atoms with E-state index >= 15 is 0 Å². The molecule has 0 saturated carbocycles. The van der Waals surface area contributed by atoms with Crippen molar-refractivity contribution in [2.45, 2.75) is 30.6 Å². The Bertz CT molecular complexity index is 1090. The summed E-state index contributed by atoms with van der Waals surface area (Å²) in [5.41, 5.74) is 2.88. The highest BCUT2D eigenvalue weighted by Crippen LogP contribution is 2.23. The molecule has 7 heteroatoms. The maximum absolute atomic E-state index is 12.6. The van der Waals surface area contributed by atoms with E-state index in [0.717, 1.165) is 35.0 Å². The number of nitrogens with zero attached hydrogens (tertiary/aromatic N) is 1. The number of hydrogen-bond donors (Lipinski definition) is 2. The number of aromatic nitrogens is 1. The Morgan fingerprint density at radius 3 is 2.61 bits per heavy atom. The largest absolute Gasteiger partial charge is 0.361 e. The molecular weight excluding hydrogens is 374 g/mol. The molecule has 3 aromatic rings. The number of piperidine rings is 1. The molecule has 1 amide bonds. The lowest BCUT2D eigenvalue weighted by molar-refractivity contribution is -0.119. The van der Waals surface area contributed by atoms with Crippen molar-refractivity contribution in [1.29, 1.82) is 0 Å². The van der Waals surface area contributed by atoms with E-state index in [1.165, 1.54) is 0 Å². The van der Waals surface area contributed by atoms with Gasteiger partial charge >= 0.3 is 0 Å². The molecular formula is C21H23N3O3S.